The lowest BCUT2D eigenvalue weighted by Crippen LogP contribution is -2.52. The summed E-state index contributed by atoms with van der Waals surface area (Å²) in [5, 5.41) is 15.2. The van der Waals surface area contributed by atoms with Crippen LogP contribution in [0.15, 0.2) is 34.9 Å². The summed E-state index contributed by atoms with van der Waals surface area (Å²) in [5.74, 6) is 1.50. The van der Waals surface area contributed by atoms with Crippen LogP contribution in [0.3, 0.4) is 0 Å². The SMILES string of the molecule is Cc1noc(CN2CCN(CC(O)(c3ccccc3)C(C)C)CC2)n1. The van der Waals surface area contributed by atoms with Crippen molar-refractivity contribution in [2.75, 3.05) is 32.7 Å². The monoisotopic (exact) mass is 344 g/mol. The molecule has 1 atom stereocenters. The van der Waals surface area contributed by atoms with Gasteiger partial charge in [-0.1, -0.05) is 49.3 Å². The minimum atomic E-state index is -0.826. The van der Waals surface area contributed by atoms with E-state index in [1.807, 2.05) is 37.3 Å². The van der Waals surface area contributed by atoms with Gasteiger partial charge in [0.15, 0.2) is 5.82 Å². The Kier molecular flexibility index (Phi) is 5.51. The Bertz CT molecular complexity index is 665. The average Bonchev–Trinajstić information content (AvgIpc) is 3.02. The van der Waals surface area contributed by atoms with Crippen LogP contribution in [0.1, 0.15) is 31.1 Å². The Morgan fingerprint density at radius 1 is 1.12 bits per heavy atom. The first-order chi connectivity index (χ1) is 12.0. The largest absolute Gasteiger partial charge is 0.384 e. The number of nitrogens with zero attached hydrogens (tertiary/aromatic N) is 4. The van der Waals surface area contributed by atoms with Crippen LogP contribution in [0.4, 0.5) is 0 Å². The predicted molar refractivity (Wildman–Crippen MR) is 95.9 cm³/mol. The third kappa shape index (κ3) is 4.26. The van der Waals surface area contributed by atoms with Crippen molar-refractivity contribution in [1.82, 2.24) is 19.9 Å². The second-order valence-corrected chi connectivity index (χ2v) is 7.23. The molecule has 0 bridgehead atoms. The Morgan fingerprint density at radius 3 is 2.32 bits per heavy atom. The number of rotatable bonds is 6. The molecule has 136 valence electrons. The van der Waals surface area contributed by atoms with Gasteiger partial charge >= 0.3 is 0 Å². The molecule has 0 aliphatic carbocycles. The highest BCUT2D eigenvalue weighted by Crippen LogP contribution is 2.30. The number of benzene rings is 1. The predicted octanol–water partition coefficient (Wildman–Crippen LogP) is 2.04. The molecule has 2 heterocycles. The molecule has 6 heteroatoms. The van der Waals surface area contributed by atoms with Gasteiger partial charge in [-0.05, 0) is 18.4 Å². The fourth-order valence-corrected chi connectivity index (χ4v) is 3.38. The van der Waals surface area contributed by atoms with Gasteiger partial charge in [-0.25, -0.2) is 0 Å². The van der Waals surface area contributed by atoms with Crippen molar-refractivity contribution in [2.45, 2.75) is 32.9 Å². The number of aromatic nitrogens is 2. The zero-order valence-electron chi connectivity index (χ0n) is 15.4. The highest BCUT2D eigenvalue weighted by molar-refractivity contribution is 5.23. The van der Waals surface area contributed by atoms with Crippen molar-refractivity contribution < 1.29 is 9.63 Å². The van der Waals surface area contributed by atoms with Crippen LogP contribution in [0.25, 0.3) is 0 Å². The first-order valence-corrected chi connectivity index (χ1v) is 8.99. The molecule has 3 rings (SSSR count). The van der Waals surface area contributed by atoms with Crippen LogP contribution >= 0.6 is 0 Å². The molecule has 1 aliphatic rings. The highest BCUT2D eigenvalue weighted by atomic mass is 16.5. The second kappa shape index (κ2) is 7.64. The summed E-state index contributed by atoms with van der Waals surface area (Å²) in [5.41, 5.74) is 0.168. The molecular weight excluding hydrogens is 316 g/mol. The molecule has 6 nitrogen and oxygen atoms in total. The molecule has 0 radical (unpaired) electrons. The Balaban J connectivity index is 1.58. The third-order valence-corrected chi connectivity index (χ3v) is 5.09. The van der Waals surface area contributed by atoms with Crippen molar-refractivity contribution in [3.05, 3.63) is 47.6 Å². The van der Waals surface area contributed by atoms with Crippen molar-refractivity contribution in [3.63, 3.8) is 0 Å². The van der Waals surface area contributed by atoms with Crippen molar-refractivity contribution in [1.29, 1.82) is 0 Å². The number of hydrogen-bond donors (Lipinski definition) is 1. The Labute approximate surface area is 149 Å². The summed E-state index contributed by atoms with van der Waals surface area (Å²) in [4.78, 5) is 8.94. The maximum Gasteiger partial charge on any atom is 0.240 e. The lowest BCUT2D eigenvalue weighted by molar-refractivity contribution is -0.0499. The maximum absolute atomic E-state index is 11.3. The standard InChI is InChI=1S/C19H28N4O2/c1-15(2)19(24,17-7-5-4-6-8-17)14-23-11-9-22(10-12-23)13-18-20-16(3)21-25-18/h4-8,15,24H,9-14H2,1-3H3. The van der Waals surface area contributed by atoms with Crippen LogP contribution in [0, 0.1) is 12.8 Å². The Morgan fingerprint density at radius 2 is 1.76 bits per heavy atom. The molecule has 1 fully saturated rings. The fourth-order valence-electron chi connectivity index (χ4n) is 3.38. The number of β-amino-alcohol motifs (C(OH)–C–C–N with tert-alkyl or cyclic N) is 1. The highest BCUT2D eigenvalue weighted by Gasteiger charge is 2.35. The van der Waals surface area contributed by atoms with Gasteiger partial charge in [0, 0.05) is 32.7 Å². The minimum absolute atomic E-state index is 0.147. The average molecular weight is 344 g/mol. The molecular formula is C19H28N4O2. The van der Waals surface area contributed by atoms with E-state index < -0.39 is 5.60 Å². The molecule has 0 saturated carbocycles. The van der Waals surface area contributed by atoms with Crippen molar-refractivity contribution in [2.24, 2.45) is 5.92 Å². The molecule has 1 aliphatic heterocycles. The summed E-state index contributed by atoms with van der Waals surface area (Å²) in [7, 11) is 0. The number of hydrogen-bond acceptors (Lipinski definition) is 6. The van der Waals surface area contributed by atoms with Gasteiger partial charge in [-0.2, -0.15) is 4.98 Å². The summed E-state index contributed by atoms with van der Waals surface area (Å²) in [6.45, 7) is 11.1. The van der Waals surface area contributed by atoms with E-state index in [4.69, 9.17) is 4.52 Å². The van der Waals surface area contributed by atoms with Gasteiger partial charge in [0.2, 0.25) is 5.89 Å². The van der Waals surface area contributed by atoms with Crippen LogP contribution in [-0.2, 0) is 12.1 Å². The maximum atomic E-state index is 11.3. The molecule has 0 amide bonds. The van der Waals surface area contributed by atoms with Gasteiger partial charge in [-0.3, -0.25) is 9.80 Å². The van der Waals surface area contributed by atoms with Crippen LogP contribution in [-0.4, -0.2) is 57.8 Å². The second-order valence-electron chi connectivity index (χ2n) is 7.23. The molecule has 2 aromatic rings. The molecule has 1 saturated heterocycles. The zero-order valence-corrected chi connectivity index (χ0v) is 15.4. The van der Waals surface area contributed by atoms with E-state index in [0.717, 1.165) is 31.7 Å². The molecule has 25 heavy (non-hydrogen) atoms. The molecule has 1 N–H and O–H groups in total. The first-order valence-electron chi connectivity index (χ1n) is 8.99. The number of aryl methyl sites for hydroxylation is 1. The van der Waals surface area contributed by atoms with Gasteiger partial charge in [0.05, 0.1) is 6.54 Å². The van der Waals surface area contributed by atoms with Crippen LogP contribution in [0.2, 0.25) is 0 Å². The molecule has 0 spiro atoms. The van der Waals surface area contributed by atoms with Gasteiger partial charge in [0.25, 0.3) is 0 Å². The first kappa shape index (κ1) is 18.0. The van der Waals surface area contributed by atoms with E-state index in [2.05, 4.69) is 33.8 Å². The summed E-state index contributed by atoms with van der Waals surface area (Å²) < 4.78 is 5.21. The summed E-state index contributed by atoms with van der Waals surface area (Å²) >= 11 is 0. The topological polar surface area (TPSA) is 65.6 Å². The number of aliphatic hydroxyl groups is 1. The van der Waals surface area contributed by atoms with Gasteiger partial charge < -0.3 is 9.63 Å². The molecule has 1 aromatic carbocycles. The van der Waals surface area contributed by atoms with Crippen LogP contribution in [0.5, 0.6) is 0 Å². The minimum Gasteiger partial charge on any atom is -0.384 e. The van der Waals surface area contributed by atoms with Crippen molar-refractivity contribution >= 4 is 0 Å². The quantitative estimate of drug-likeness (QED) is 0.865. The van der Waals surface area contributed by atoms with Crippen molar-refractivity contribution in [3.8, 4) is 0 Å². The lowest BCUT2D eigenvalue weighted by atomic mass is 9.82. The Hall–Kier alpha value is -1.76. The normalized spacial score (nSPS) is 19.2. The lowest BCUT2D eigenvalue weighted by Gasteiger charge is -2.41. The number of piperazine rings is 1. The van der Waals surface area contributed by atoms with E-state index in [1.54, 1.807) is 0 Å². The molecule has 1 aromatic heterocycles. The van der Waals surface area contributed by atoms with E-state index in [9.17, 15) is 5.11 Å². The smallest absolute Gasteiger partial charge is 0.240 e. The molecule has 1 unspecified atom stereocenters. The fraction of sp³-hybridized carbons (Fsp3) is 0.579. The van der Waals surface area contributed by atoms with E-state index >= 15 is 0 Å². The van der Waals surface area contributed by atoms with E-state index in [-0.39, 0.29) is 5.92 Å². The van der Waals surface area contributed by atoms with E-state index in [1.165, 1.54) is 0 Å². The van der Waals surface area contributed by atoms with Gasteiger partial charge in [-0.15, -0.1) is 0 Å². The van der Waals surface area contributed by atoms with Gasteiger partial charge in [0.1, 0.15) is 5.60 Å². The summed E-state index contributed by atoms with van der Waals surface area (Å²) in [6, 6.07) is 10.0. The summed E-state index contributed by atoms with van der Waals surface area (Å²) in [6.07, 6.45) is 0. The zero-order chi connectivity index (χ0) is 17.9. The van der Waals surface area contributed by atoms with E-state index in [0.29, 0.717) is 24.8 Å². The van der Waals surface area contributed by atoms with Crippen LogP contribution < -0.4 is 0 Å². The third-order valence-electron chi connectivity index (χ3n) is 5.09.